The van der Waals surface area contributed by atoms with Crippen LogP contribution in [0, 0.1) is 22.7 Å². The molecule has 3 nitrogen and oxygen atoms in total. The Balaban J connectivity index is 2.35. The molecule has 0 heterocycles. The van der Waals surface area contributed by atoms with Gasteiger partial charge in [-0.05, 0) is 48.8 Å². The van der Waals surface area contributed by atoms with E-state index in [4.69, 9.17) is 0 Å². The number of halogens is 3. The summed E-state index contributed by atoms with van der Waals surface area (Å²) < 4.78 is 62.7. The largest absolute Gasteiger partial charge is 0.416 e. The zero-order valence-corrected chi connectivity index (χ0v) is 13.8. The standard InChI is InChI=1S/C16H18F3NO2S/c1-15(5-6-15)9-11(10-20)7-12-3-4-13(23(2,21)22)8-14(12)16(17,18)19/h3-4,8,11H,5-7,9H2,1-2H3. The molecule has 1 aromatic rings. The van der Waals surface area contributed by atoms with Crippen molar-refractivity contribution in [3.05, 3.63) is 29.3 Å². The van der Waals surface area contributed by atoms with Crippen molar-refractivity contribution < 1.29 is 21.6 Å². The van der Waals surface area contributed by atoms with Gasteiger partial charge in [-0.1, -0.05) is 13.0 Å². The van der Waals surface area contributed by atoms with E-state index in [2.05, 4.69) is 6.07 Å². The van der Waals surface area contributed by atoms with Gasteiger partial charge in [0.25, 0.3) is 0 Å². The second-order valence-corrected chi connectivity index (χ2v) is 8.65. The predicted octanol–water partition coefficient (Wildman–Crippen LogP) is 3.98. The van der Waals surface area contributed by atoms with Crippen LogP contribution in [0.4, 0.5) is 13.2 Å². The van der Waals surface area contributed by atoms with Gasteiger partial charge in [-0.3, -0.25) is 0 Å². The van der Waals surface area contributed by atoms with E-state index in [9.17, 15) is 26.9 Å². The van der Waals surface area contributed by atoms with Gasteiger partial charge in [-0.2, -0.15) is 18.4 Å². The second-order valence-electron chi connectivity index (χ2n) is 6.63. The molecule has 2 rings (SSSR count). The highest BCUT2D eigenvalue weighted by Gasteiger charge is 2.40. The Labute approximate surface area is 134 Å². The number of benzene rings is 1. The lowest BCUT2D eigenvalue weighted by atomic mass is 9.88. The van der Waals surface area contributed by atoms with Crippen LogP contribution in [0.3, 0.4) is 0 Å². The minimum absolute atomic E-state index is 0.0228. The molecule has 0 aromatic heterocycles. The molecular formula is C16H18F3NO2S. The van der Waals surface area contributed by atoms with Crippen LogP contribution in [-0.4, -0.2) is 14.7 Å². The molecule has 1 fully saturated rings. The first-order valence-electron chi connectivity index (χ1n) is 7.24. The van der Waals surface area contributed by atoms with Crippen LogP contribution in [-0.2, 0) is 22.4 Å². The number of sulfone groups is 1. The molecule has 1 aliphatic carbocycles. The van der Waals surface area contributed by atoms with Crippen LogP contribution in [0.2, 0.25) is 0 Å². The Morgan fingerprint density at radius 1 is 1.35 bits per heavy atom. The van der Waals surface area contributed by atoms with Crippen molar-refractivity contribution in [1.29, 1.82) is 5.26 Å². The summed E-state index contributed by atoms with van der Waals surface area (Å²) >= 11 is 0. The molecule has 23 heavy (non-hydrogen) atoms. The average Bonchev–Trinajstić information content (AvgIpc) is 3.13. The van der Waals surface area contributed by atoms with Crippen molar-refractivity contribution in [3.63, 3.8) is 0 Å². The number of nitriles is 1. The first-order chi connectivity index (χ1) is 10.4. The van der Waals surface area contributed by atoms with Gasteiger partial charge in [0, 0.05) is 6.26 Å². The first-order valence-corrected chi connectivity index (χ1v) is 9.14. The average molecular weight is 345 g/mol. The number of nitrogens with zero attached hydrogens (tertiary/aromatic N) is 1. The van der Waals surface area contributed by atoms with Crippen LogP contribution in [0.25, 0.3) is 0 Å². The molecular weight excluding hydrogens is 327 g/mol. The van der Waals surface area contributed by atoms with Gasteiger partial charge >= 0.3 is 6.18 Å². The fourth-order valence-corrected chi connectivity index (χ4v) is 3.32. The van der Waals surface area contributed by atoms with Gasteiger partial charge in [0.05, 0.1) is 22.4 Å². The Morgan fingerprint density at radius 2 is 1.96 bits per heavy atom. The number of hydrogen-bond donors (Lipinski definition) is 0. The fourth-order valence-electron chi connectivity index (χ4n) is 2.67. The van der Waals surface area contributed by atoms with Crippen LogP contribution in [0.5, 0.6) is 0 Å². The molecule has 1 aliphatic rings. The summed E-state index contributed by atoms with van der Waals surface area (Å²) in [6, 6.07) is 5.10. The van der Waals surface area contributed by atoms with Crippen molar-refractivity contribution in [1.82, 2.24) is 0 Å². The molecule has 126 valence electrons. The molecule has 7 heteroatoms. The third-order valence-corrected chi connectivity index (χ3v) is 5.42. The summed E-state index contributed by atoms with van der Waals surface area (Å²) in [5.74, 6) is -0.507. The van der Waals surface area contributed by atoms with E-state index in [1.165, 1.54) is 12.1 Å². The minimum Gasteiger partial charge on any atom is -0.224 e. The van der Waals surface area contributed by atoms with Crippen LogP contribution in [0.15, 0.2) is 23.1 Å². The minimum atomic E-state index is -4.65. The SMILES string of the molecule is CC1(CC(C#N)Cc2ccc(S(C)(=O)=O)cc2C(F)(F)F)CC1. The van der Waals surface area contributed by atoms with Crippen molar-refractivity contribution in [3.8, 4) is 6.07 Å². The highest BCUT2D eigenvalue weighted by atomic mass is 32.2. The monoisotopic (exact) mass is 345 g/mol. The summed E-state index contributed by atoms with van der Waals surface area (Å²) in [5.41, 5.74) is -0.937. The van der Waals surface area contributed by atoms with Crippen LogP contribution >= 0.6 is 0 Å². The van der Waals surface area contributed by atoms with Gasteiger partial charge in [0.15, 0.2) is 9.84 Å². The molecule has 0 radical (unpaired) electrons. The number of alkyl halides is 3. The van der Waals surface area contributed by atoms with Crippen molar-refractivity contribution in [2.24, 2.45) is 11.3 Å². The number of rotatable bonds is 5. The maximum atomic E-state index is 13.2. The third kappa shape index (κ3) is 4.47. The lowest BCUT2D eigenvalue weighted by molar-refractivity contribution is -0.138. The Morgan fingerprint density at radius 3 is 2.39 bits per heavy atom. The molecule has 1 atom stereocenters. The van der Waals surface area contributed by atoms with E-state index >= 15 is 0 Å². The van der Waals surface area contributed by atoms with Gasteiger partial charge in [0.1, 0.15) is 0 Å². The summed E-state index contributed by atoms with van der Waals surface area (Å²) in [6.07, 6.45) is -1.26. The van der Waals surface area contributed by atoms with Crippen molar-refractivity contribution in [2.45, 2.75) is 43.7 Å². The summed E-state index contributed by atoms with van der Waals surface area (Å²) in [5, 5.41) is 9.23. The summed E-state index contributed by atoms with van der Waals surface area (Å²) in [6.45, 7) is 2.02. The third-order valence-electron chi connectivity index (χ3n) is 4.31. The molecule has 0 bridgehead atoms. The highest BCUT2D eigenvalue weighted by Crippen LogP contribution is 2.50. The van der Waals surface area contributed by atoms with Crippen LogP contribution < -0.4 is 0 Å². The topological polar surface area (TPSA) is 57.9 Å². The molecule has 1 saturated carbocycles. The molecule has 1 unspecified atom stereocenters. The van der Waals surface area contributed by atoms with Crippen LogP contribution in [0.1, 0.15) is 37.3 Å². The number of hydrogen-bond acceptors (Lipinski definition) is 3. The van der Waals surface area contributed by atoms with E-state index in [-0.39, 0.29) is 22.3 Å². The second kappa shape index (κ2) is 5.82. The van der Waals surface area contributed by atoms with Gasteiger partial charge < -0.3 is 0 Å². The van der Waals surface area contributed by atoms with E-state index in [0.29, 0.717) is 12.5 Å². The smallest absolute Gasteiger partial charge is 0.224 e. The Kier molecular flexibility index (Phi) is 4.51. The van der Waals surface area contributed by atoms with Crippen molar-refractivity contribution in [2.75, 3.05) is 6.26 Å². The van der Waals surface area contributed by atoms with Gasteiger partial charge in [-0.25, -0.2) is 8.42 Å². The zero-order chi connectivity index (χ0) is 17.5. The van der Waals surface area contributed by atoms with E-state index in [1.807, 2.05) is 6.92 Å². The van der Waals surface area contributed by atoms with E-state index in [1.54, 1.807) is 0 Å². The highest BCUT2D eigenvalue weighted by molar-refractivity contribution is 7.90. The molecule has 1 aromatic carbocycles. The summed E-state index contributed by atoms with van der Waals surface area (Å²) in [7, 11) is -3.72. The normalized spacial score (nSPS) is 18.3. The van der Waals surface area contributed by atoms with Crippen molar-refractivity contribution >= 4 is 9.84 Å². The Bertz CT molecular complexity index is 744. The molecule has 0 saturated heterocycles. The maximum absolute atomic E-state index is 13.2. The van der Waals surface area contributed by atoms with E-state index < -0.39 is 27.5 Å². The predicted molar refractivity (Wildman–Crippen MR) is 79.3 cm³/mol. The quantitative estimate of drug-likeness (QED) is 0.811. The fraction of sp³-hybridized carbons (Fsp3) is 0.562. The zero-order valence-electron chi connectivity index (χ0n) is 12.9. The lowest BCUT2D eigenvalue weighted by Gasteiger charge is -2.18. The molecule has 0 spiro atoms. The maximum Gasteiger partial charge on any atom is 0.416 e. The first kappa shape index (κ1) is 17.8. The van der Waals surface area contributed by atoms with Gasteiger partial charge in [-0.15, -0.1) is 0 Å². The molecule has 0 aliphatic heterocycles. The molecule has 0 N–H and O–H groups in total. The molecule has 0 amide bonds. The van der Waals surface area contributed by atoms with E-state index in [0.717, 1.165) is 19.1 Å². The van der Waals surface area contributed by atoms with Gasteiger partial charge in [0.2, 0.25) is 0 Å². The Hall–Kier alpha value is -1.55. The summed E-state index contributed by atoms with van der Waals surface area (Å²) in [4.78, 5) is -0.365. The lowest BCUT2D eigenvalue weighted by Crippen LogP contribution is -2.15.